The van der Waals surface area contributed by atoms with Crippen LogP contribution in [-0.2, 0) is 11.2 Å². The highest BCUT2D eigenvalue weighted by Crippen LogP contribution is 2.41. The largest absolute Gasteiger partial charge is 0.487 e. The van der Waals surface area contributed by atoms with Crippen LogP contribution in [0, 0.1) is 0 Å². The lowest BCUT2D eigenvalue weighted by atomic mass is 10.0. The van der Waals surface area contributed by atoms with E-state index in [9.17, 15) is 4.79 Å². The first-order valence-corrected chi connectivity index (χ1v) is 7.78. The summed E-state index contributed by atoms with van der Waals surface area (Å²) in [6, 6.07) is 11.4. The molecular weight excluding hydrogens is 321 g/mol. The number of halogens is 2. The summed E-state index contributed by atoms with van der Waals surface area (Å²) >= 11 is 12.3. The molecule has 0 saturated carbocycles. The minimum atomic E-state index is -0.0551. The van der Waals surface area contributed by atoms with E-state index in [0.717, 1.165) is 28.9 Å². The Kier molecular flexibility index (Phi) is 4.27. The molecule has 3 rings (SSSR count). The Balaban J connectivity index is 1.91. The summed E-state index contributed by atoms with van der Waals surface area (Å²) in [6.45, 7) is 2.00. The summed E-state index contributed by atoms with van der Waals surface area (Å²) < 4.78 is 6.02. The van der Waals surface area contributed by atoms with Gasteiger partial charge >= 0.3 is 0 Å². The predicted molar refractivity (Wildman–Crippen MR) is 88.7 cm³/mol. The normalized spacial score (nSPS) is 16.0. The molecule has 2 aromatic carbocycles. The SMILES string of the molecule is CC(=O)NCC1Cc2cccc(-c3ccc(Cl)cc3Cl)c2O1. The fourth-order valence-corrected chi connectivity index (χ4v) is 3.14. The molecule has 0 fully saturated rings. The first-order valence-electron chi connectivity index (χ1n) is 7.03. The molecule has 1 amide bonds. The van der Waals surface area contributed by atoms with Crippen molar-refractivity contribution in [2.75, 3.05) is 6.54 Å². The van der Waals surface area contributed by atoms with Gasteiger partial charge in [0.05, 0.1) is 11.6 Å². The van der Waals surface area contributed by atoms with E-state index < -0.39 is 0 Å². The van der Waals surface area contributed by atoms with Crippen LogP contribution in [0.1, 0.15) is 12.5 Å². The van der Waals surface area contributed by atoms with E-state index in [1.165, 1.54) is 6.92 Å². The number of amides is 1. The summed E-state index contributed by atoms with van der Waals surface area (Å²) in [4.78, 5) is 11.0. The lowest BCUT2D eigenvalue weighted by molar-refractivity contribution is -0.119. The molecule has 0 saturated heterocycles. The fourth-order valence-electron chi connectivity index (χ4n) is 2.63. The Labute approximate surface area is 139 Å². The number of para-hydroxylation sites is 1. The second-order valence-corrected chi connectivity index (χ2v) is 6.14. The molecule has 0 radical (unpaired) electrons. The van der Waals surface area contributed by atoms with Crippen LogP contribution in [0.25, 0.3) is 11.1 Å². The number of rotatable bonds is 3. The first-order chi connectivity index (χ1) is 10.5. The van der Waals surface area contributed by atoms with Gasteiger partial charge < -0.3 is 10.1 Å². The number of benzene rings is 2. The smallest absolute Gasteiger partial charge is 0.217 e. The van der Waals surface area contributed by atoms with Gasteiger partial charge in [-0.05, 0) is 17.7 Å². The van der Waals surface area contributed by atoms with Crippen molar-refractivity contribution in [3.8, 4) is 16.9 Å². The van der Waals surface area contributed by atoms with Gasteiger partial charge in [0.2, 0.25) is 5.91 Å². The van der Waals surface area contributed by atoms with Crippen molar-refractivity contribution in [1.29, 1.82) is 0 Å². The molecule has 1 aliphatic rings. The van der Waals surface area contributed by atoms with Gasteiger partial charge in [-0.2, -0.15) is 0 Å². The van der Waals surface area contributed by atoms with Crippen LogP contribution in [0.3, 0.4) is 0 Å². The first kappa shape index (κ1) is 15.2. The van der Waals surface area contributed by atoms with Crippen molar-refractivity contribution in [3.05, 3.63) is 52.0 Å². The molecule has 0 spiro atoms. The van der Waals surface area contributed by atoms with Crippen LogP contribution in [0.4, 0.5) is 0 Å². The molecule has 114 valence electrons. The molecule has 1 heterocycles. The van der Waals surface area contributed by atoms with E-state index in [2.05, 4.69) is 5.32 Å². The molecule has 22 heavy (non-hydrogen) atoms. The van der Waals surface area contributed by atoms with Crippen molar-refractivity contribution in [1.82, 2.24) is 5.32 Å². The van der Waals surface area contributed by atoms with Crippen LogP contribution in [0.2, 0.25) is 10.0 Å². The van der Waals surface area contributed by atoms with Crippen LogP contribution in [0.15, 0.2) is 36.4 Å². The van der Waals surface area contributed by atoms with E-state index in [4.69, 9.17) is 27.9 Å². The molecule has 0 aliphatic carbocycles. The molecule has 2 aromatic rings. The number of hydrogen-bond acceptors (Lipinski definition) is 2. The zero-order valence-corrected chi connectivity index (χ0v) is 13.5. The number of ether oxygens (including phenoxy) is 1. The number of fused-ring (bicyclic) bond motifs is 1. The summed E-state index contributed by atoms with van der Waals surface area (Å²) in [5, 5.41) is 3.99. The molecule has 0 aromatic heterocycles. The topological polar surface area (TPSA) is 38.3 Å². The van der Waals surface area contributed by atoms with E-state index in [-0.39, 0.29) is 12.0 Å². The maximum absolute atomic E-state index is 11.0. The summed E-state index contributed by atoms with van der Waals surface area (Å²) in [7, 11) is 0. The van der Waals surface area contributed by atoms with E-state index >= 15 is 0 Å². The quantitative estimate of drug-likeness (QED) is 0.916. The van der Waals surface area contributed by atoms with E-state index in [0.29, 0.717) is 16.6 Å². The van der Waals surface area contributed by atoms with Crippen LogP contribution in [0.5, 0.6) is 5.75 Å². The highest BCUT2D eigenvalue weighted by molar-refractivity contribution is 6.36. The van der Waals surface area contributed by atoms with Gasteiger partial charge in [0.25, 0.3) is 0 Å². The van der Waals surface area contributed by atoms with E-state index in [1.54, 1.807) is 6.07 Å². The molecule has 1 N–H and O–H groups in total. The second kappa shape index (κ2) is 6.19. The van der Waals surface area contributed by atoms with Crippen LogP contribution >= 0.6 is 23.2 Å². The van der Waals surface area contributed by atoms with Gasteiger partial charge in [-0.3, -0.25) is 4.79 Å². The van der Waals surface area contributed by atoms with Crippen molar-refractivity contribution in [3.63, 3.8) is 0 Å². The van der Waals surface area contributed by atoms with Gasteiger partial charge in [-0.25, -0.2) is 0 Å². The Morgan fingerprint density at radius 3 is 2.82 bits per heavy atom. The summed E-state index contributed by atoms with van der Waals surface area (Å²) in [6.07, 6.45) is 0.723. The van der Waals surface area contributed by atoms with Crippen LogP contribution in [-0.4, -0.2) is 18.6 Å². The molecule has 0 bridgehead atoms. The van der Waals surface area contributed by atoms with Crippen LogP contribution < -0.4 is 10.1 Å². The average molecular weight is 336 g/mol. The van der Waals surface area contributed by atoms with Gasteiger partial charge in [0.1, 0.15) is 11.9 Å². The highest BCUT2D eigenvalue weighted by Gasteiger charge is 2.26. The van der Waals surface area contributed by atoms with Crippen molar-refractivity contribution in [2.45, 2.75) is 19.4 Å². The molecule has 1 atom stereocenters. The maximum Gasteiger partial charge on any atom is 0.217 e. The van der Waals surface area contributed by atoms with Crippen molar-refractivity contribution < 1.29 is 9.53 Å². The molecule has 1 aliphatic heterocycles. The third kappa shape index (κ3) is 3.06. The van der Waals surface area contributed by atoms with Crippen molar-refractivity contribution >= 4 is 29.1 Å². The Morgan fingerprint density at radius 2 is 2.09 bits per heavy atom. The van der Waals surface area contributed by atoms with Gasteiger partial charge in [-0.15, -0.1) is 0 Å². The Hall–Kier alpha value is -1.71. The number of carbonyl (C=O) groups excluding carboxylic acids is 1. The minimum Gasteiger partial charge on any atom is -0.487 e. The lowest BCUT2D eigenvalue weighted by Gasteiger charge is -2.13. The predicted octanol–water partition coefficient (Wildman–Crippen LogP) is 4.10. The fraction of sp³-hybridized carbons (Fsp3) is 0.235. The average Bonchev–Trinajstić information content (AvgIpc) is 2.88. The van der Waals surface area contributed by atoms with Gasteiger partial charge in [0, 0.05) is 29.5 Å². The Bertz CT molecular complexity index is 731. The highest BCUT2D eigenvalue weighted by atomic mass is 35.5. The van der Waals surface area contributed by atoms with Gasteiger partial charge in [-0.1, -0.05) is 47.5 Å². The minimum absolute atomic E-state index is 0.0499. The third-order valence-electron chi connectivity index (χ3n) is 3.63. The monoisotopic (exact) mass is 335 g/mol. The van der Waals surface area contributed by atoms with Crippen molar-refractivity contribution in [2.24, 2.45) is 0 Å². The number of nitrogens with one attached hydrogen (secondary N) is 1. The zero-order chi connectivity index (χ0) is 15.7. The molecule has 5 heteroatoms. The number of carbonyl (C=O) groups is 1. The lowest BCUT2D eigenvalue weighted by Crippen LogP contribution is -2.32. The Morgan fingerprint density at radius 1 is 1.27 bits per heavy atom. The standard InChI is InChI=1S/C17H15Cl2NO2/c1-10(21)20-9-13-7-11-3-2-4-15(17(11)22-13)14-6-5-12(18)8-16(14)19/h2-6,8,13H,7,9H2,1H3,(H,20,21). The maximum atomic E-state index is 11.0. The van der Waals surface area contributed by atoms with E-state index in [1.807, 2.05) is 30.3 Å². The summed E-state index contributed by atoms with van der Waals surface area (Å²) in [5.74, 6) is 0.780. The summed E-state index contributed by atoms with van der Waals surface area (Å²) in [5.41, 5.74) is 2.96. The molecular formula is C17H15Cl2NO2. The number of hydrogen-bond donors (Lipinski definition) is 1. The zero-order valence-electron chi connectivity index (χ0n) is 12.0. The second-order valence-electron chi connectivity index (χ2n) is 5.30. The molecule has 3 nitrogen and oxygen atoms in total. The third-order valence-corrected chi connectivity index (χ3v) is 4.18. The van der Waals surface area contributed by atoms with Gasteiger partial charge in [0.15, 0.2) is 0 Å². The molecule has 1 unspecified atom stereocenters.